The van der Waals surface area contributed by atoms with Crippen LogP contribution in [0.25, 0.3) is 0 Å². The Bertz CT molecular complexity index is 1070. The van der Waals surface area contributed by atoms with Gasteiger partial charge in [0.15, 0.2) is 0 Å². The van der Waals surface area contributed by atoms with Crippen LogP contribution < -0.4 is 14.4 Å². The molecule has 30 heavy (non-hydrogen) atoms. The van der Waals surface area contributed by atoms with Gasteiger partial charge in [0.1, 0.15) is 11.8 Å². The Morgan fingerprint density at radius 1 is 1.23 bits per heavy atom. The molecule has 0 fully saturated rings. The van der Waals surface area contributed by atoms with Gasteiger partial charge in [0.05, 0.1) is 29.7 Å². The van der Waals surface area contributed by atoms with Crippen molar-refractivity contribution in [2.75, 3.05) is 23.0 Å². The number of sulfonamides is 1. The molecule has 0 unspecified atom stereocenters. The van der Waals surface area contributed by atoms with Crippen molar-refractivity contribution in [3.8, 4) is 5.75 Å². The Hall–Kier alpha value is -3.14. The van der Waals surface area contributed by atoms with Crippen LogP contribution in [0, 0.1) is 24.0 Å². The minimum absolute atomic E-state index is 0.0876. The monoisotopic (exact) mass is 435 g/mol. The Kier molecular flexibility index (Phi) is 7.04. The van der Waals surface area contributed by atoms with Gasteiger partial charge in [-0.3, -0.25) is 19.2 Å². The normalized spacial score (nSPS) is 12.2. The van der Waals surface area contributed by atoms with E-state index in [-0.39, 0.29) is 23.5 Å². The predicted molar refractivity (Wildman–Crippen MR) is 116 cm³/mol. The fourth-order valence-electron chi connectivity index (χ4n) is 3.12. The molecule has 0 aromatic heterocycles. The second kappa shape index (κ2) is 9.12. The number of nitrogens with one attached hydrogen (secondary N) is 1. The van der Waals surface area contributed by atoms with Crippen LogP contribution in [0.3, 0.4) is 0 Å². The number of nitrogens with zero attached hydrogens (tertiary/aromatic N) is 2. The van der Waals surface area contributed by atoms with Crippen molar-refractivity contribution in [1.82, 2.24) is 0 Å². The minimum Gasteiger partial charge on any atom is -0.495 e. The number of rotatable bonds is 8. The van der Waals surface area contributed by atoms with Crippen LogP contribution in [0.15, 0.2) is 36.4 Å². The molecule has 2 aromatic carbocycles. The standard InChI is InChI=1S/C20H25N3O6S/c1-6-17(22(30(5,27)28)18-11-13(2)7-8-14(18)3)20(24)21-16-12-15(23(25)26)9-10-19(16)29-4/h7-12,17H,6H2,1-5H3,(H,21,24)/t17-/m0/s1. The third kappa shape index (κ3) is 5.07. The van der Waals surface area contributed by atoms with E-state index in [4.69, 9.17) is 4.74 Å². The number of nitro groups is 1. The average molecular weight is 436 g/mol. The number of anilines is 2. The number of carbonyl (C=O) groups excluding carboxylic acids is 1. The van der Waals surface area contributed by atoms with Crippen LogP contribution in [0.5, 0.6) is 5.75 Å². The maximum atomic E-state index is 13.1. The quantitative estimate of drug-likeness (QED) is 0.501. The van der Waals surface area contributed by atoms with Crippen molar-refractivity contribution < 1.29 is 22.9 Å². The number of methoxy groups -OCH3 is 1. The molecular weight excluding hydrogens is 410 g/mol. The summed E-state index contributed by atoms with van der Waals surface area (Å²) in [6.45, 7) is 5.29. The molecule has 0 aliphatic rings. The van der Waals surface area contributed by atoms with E-state index in [1.807, 2.05) is 13.0 Å². The summed E-state index contributed by atoms with van der Waals surface area (Å²) in [5.74, 6) is -0.399. The lowest BCUT2D eigenvalue weighted by molar-refractivity contribution is -0.384. The fraction of sp³-hybridized carbons (Fsp3) is 0.350. The largest absolute Gasteiger partial charge is 0.495 e. The molecule has 1 N–H and O–H groups in total. The summed E-state index contributed by atoms with van der Waals surface area (Å²) in [6.07, 6.45) is 1.22. The number of ether oxygens (including phenoxy) is 1. The number of amides is 1. The first-order valence-corrected chi connectivity index (χ1v) is 11.0. The molecule has 10 heteroatoms. The third-order valence-electron chi connectivity index (χ3n) is 4.58. The van der Waals surface area contributed by atoms with Gasteiger partial charge in [-0.05, 0) is 43.5 Å². The van der Waals surface area contributed by atoms with E-state index in [9.17, 15) is 23.3 Å². The first kappa shape index (κ1) is 23.1. The van der Waals surface area contributed by atoms with Crippen molar-refractivity contribution in [2.45, 2.75) is 33.2 Å². The molecular formula is C20H25N3O6S. The molecule has 2 aromatic rings. The van der Waals surface area contributed by atoms with E-state index >= 15 is 0 Å². The lowest BCUT2D eigenvalue weighted by Gasteiger charge is -2.31. The summed E-state index contributed by atoms with van der Waals surface area (Å²) in [6, 6.07) is 8.08. The van der Waals surface area contributed by atoms with Crippen molar-refractivity contribution in [1.29, 1.82) is 0 Å². The number of aryl methyl sites for hydroxylation is 2. The van der Waals surface area contributed by atoms with E-state index in [0.717, 1.165) is 16.1 Å². The number of hydrogen-bond acceptors (Lipinski definition) is 6. The molecule has 0 aliphatic heterocycles. The highest BCUT2D eigenvalue weighted by Gasteiger charge is 2.33. The highest BCUT2D eigenvalue weighted by Crippen LogP contribution is 2.31. The molecule has 0 spiro atoms. The van der Waals surface area contributed by atoms with Crippen LogP contribution in [0.2, 0.25) is 0 Å². The van der Waals surface area contributed by atoms with Gasteiger partial charge in [-0.25, -0.2) is 8.42 Å². The summed E-state index contributed by atoms with van der Waals surface area (Å²) >= 11 is 0. The average Bonchev–Trinajstić information content (AvgIpc) is 2.66. The van der Waals surface area contributed by atoms with Gasteiger partial charge in [0, 0.05) is 12.1 Å². The Morgan fingerprint density at radius 2 is 1.90 bits per heavy atom. The zero-order chi connectivity index (χ0) is 22.6. The SMILES string of the molecule is CC[C@@H](C(=O)Nc1cc([N+](=O)[O-])ccc1OC)N(c1cc(C)ccc1C)S(C)(=O)=O. The summed E-state index contributed by atoms with van der Waals surface area (Å²) < 4.78 is 31.6. The molecule has 0 bridgehead atoms. The maximum absolute atomic E-state index is 13.1. The van der Waals surface area contributed by atoms with Gasteiger partial charge in [0.2, 0.25) is 15.9 Å². The zero-order valence-electron chi connectivity index (χ0n) is 17.5. The van der Waals surface area contributed by atoms with Gasteiger partial charge in [-0.1, -0.05) is 19.1 Å². The first-order chi connectivity index (χ1) is 14.0. The second-order valence-corrected chi connectivity index (χ2v) is 8.76. The Labute approximate surface area is 175 Å². The number of hydrogen-bond donors (Lipinski definition) is 1. The Balaban J connectivity index is 2.51. The van der Waals surface area contributed by atoms with E-state index in [1.54, 1.807) is 26.0 Å². The van der Waals surface area contributed by atoms with E-state index in [0.29, 0.717) is 11.3 Å². The first-order valence-electron chi connectivity index (χ1n) is 9.19. The van der Waals surface area contributed by atoms with E-state index in [1.165, 1.54) is 25.3 Å². The fourth-order valence-corrected chi connectivity index (χ4v) is 4.38. The van der Waals surface area contributed by atoms with Crippen molar-refractivity contribution in [3.63, 3.8) is 0 Å². The lowest BCUT2D eigenvalue weighted by atomic mass is 10.1. The molecule has 0 saturated heterocycles. The maximum Gasteiger partial charge on any atom is 0.271 e. The van der Waals surface area contributed by atoms with Gasteiger partial charge >= 0.3 is 0 Å². The van der Waals surface area contributed by atoms with E-state index in [2.05, 4.69) is 5.32 Å². The topological polar surface area (TPSA) is 119 Å². The molecule has 9 nitrogen and oxygen atoms in total. The predicted octanol–water partition coefficient (Wildman–Crippen LogP) is 3.40. The van der Waals surface area contributed by atoms with Gasteiger partial charge in [-0.15, -0.1) is 0 Å². The number of nitro benzene ring substituents is 1. The zero-order valence-corrected chi connectivity index (χ0v) is 18.3. The Morgan fingerprint density at radius 3 is 2.43 bits per heavy atom. The molecule has 162 valence electrons. The summed E-state index contributed by atoms with van der Waals surface area (Å²) in [4.78, 5) is 23.6. The second-order valence-electron chi connectivity index (χ2n) is 6.90. The van der Waals surface area contributed by atoms with Crippen molar-refractivity contribution in [2.24, 2.45) is 0 Å². The molecule has 0 radical (unpaired) electrons. The van der Waals surface area contributed by atoms with Crippen molar-refractivity contribution >= 4 is 33.0 Å². The van der Waals surface area contributed by atoms with Crippen LogP contribution in [-0.4, -0.2) is 38.7 Å². The van der Waals surface area contributed by atoms with Crippen LogP contribution in [-0.2, 0) is 14.8 Å². The molecule has 0 saturated carbocycles. The molecule has 1 amide bonds. The molecule has 2 rings (SSSR count). The highest BCUT2D eigenvalue weighted by atomic mass is 32.2. The van der Waals surface area contributed by atoms with Gasteiger partial charge in [0.25, 0.3) is 5.69 Å². The lowest BCUT2D eigenvalue weighted by Crippen LogP contribution is -2.47. The van der Waals surface area contributed by atoms with Crippen LogP contribution >= 0.6 is 0 Å². The minimum atomic E-state index is -3.81. The summed E-state index contributed by atoms with van der Waals surface area (Å²) in [5, 5.41) is 13.7. The van der Waals surface area contributed by atoms with Crippen LogP contribution in [0.1, 0.15) is 24.5 Å². The summed E-state index contributed by atoms with van der Waals surface area (Å²) in [5.41, 5.74) is 1.81. The molecule has 0 aliphatic carbocycles. The smallest absolute Gasteiger partial charge is 0.271 e. The number of benzene rings is 2. The number of carbonyl (C=O) groups is 1. The van der Waals surface area contributed by atoms with Crippen molar-refractivity contribution in [3.05, 3.63) is 57.6 Å². The summed E-state index contributed by atoms with van der Waals surface area (Å²) in [7, 11) is -2.44. The third-order valence-corrected chi connectivity index (χ3v) is 5.75. The molecule has 0 heterocycles. The number of non-ortho nitro benzene ring substituents is 1. The van der Waals surface area contributed by atoms with Gasteiger partial charge < -0.3 is 10.1 Å². The molecule has 1 atom stereocenters. The van der Waals surface area contributed by atoms with Crippen LogP contribution in [0.4, 0.5) is 17.1 Å². The highest BCUT2D eigenvalue weighted by molar-refractivity contribution is 7.92. The van der Waals surface area contributed by atoms with Gasteiger partial charge in [-0.2, -0.15) is 0 Å². The van der Waals surface area contributed by atoms with E-state index < -0.39 is 26.9 Å².